The van der Waals surface area contributed by atoms with E-state index in [0.29, 0.717) is 36.6 Å². The topological polar surface area (TPSA) is 88.6 Å². The zero-order valence-corrected chi connectivity index (χ0v) is 28.2. The van der Waals surface area contributed by atoms with Gasteiger partial charge in [-0.05, 0) is 86.1 Å². The molecule has 3 aromatic rings. The minimum Gasteiger partial charge on any atom is -0.497 e. The molecule has 5 rings (SSSR count). The number of hydrogen-bond donors (Lipinski definition) is 0. The molecule has 0 spiro atoms. The molecular formula is C38H45N3O6. The Morgan fingerprint density at radius 3 is 2.21 bits per heavy atom. The van der Waals surface area contributed by atoms with Gasteiger partial charge in [-0.1, -0.05) is 48.5 Å². The van der Waals surface area contributed by atoms with E-state index in [4.69, 9.17) is 14.2 Å². The summed E-state index contributed by atoms with van der Waals surface area (Å²) in [4.78, 5) is 45.1. The van der Waals surface area contributed by atoms with Crippen molar-refractivity contribution >= 4 is 23.5 Å². The SMILES string of the molecule is COc1cc(CN(C(=O)C2=C(c3cccc(-c4ccccc4)c3)CCN(C(=O)OC(C)(C)C)C2)C2CC2)cc(OCC(=O)N(C)C)c1. The number of rotatable bonds is 10. The molecule has 9 nitrogen and oxygen atoms in total. The molecule has 2 aliphatic rings. The highest BCUT2D eigenvalue weighted by atomic mass is 16.6. The number of carbonyl (C=O) groups is 3. The molecule has 248 valence electrons. The normalized spacial score (nSPS) is 14.8. The minimum atomic E-state index is -0.654. The van der Waals surface area contributed by atoms with Crippen LogP contribution in [0.25, 0.3) is 16.7 Å². The number of benzene rings is 3. The molecule has 0 bridgehead atoms. The molecular weight excluding hydrogens is 594 g/mol. The van der Waals surface area contributed by atoms with Crippen molar-refractivity contribution in [2.24, 2.45) is 0 Å². The second-order valence-electron chi connectivity index (χ2n) is 13.3. The Labute approximate surface area is 277 Å². The standard InChI is InChI=1S/C38H45N3O6/c1-38(2,3)47-37(44)40-18-17-33(29-14-10-13-28(21-29)27-11-8-7-9-12-27)34(24-40)36(43)41(30-15-16-30)23-26-19-31(45-6)22-32(20-26)46-25-35(42)39(4)5/h7-14,19-22,30H,15-18,23-25H2,1-6H3. The molecule has 1 aliphatic carbocycles. The molecule has 47 heavy (non-hydrogen) atoms. The van der Waals surface area contributed by atoms with Gasteiger partial charge in [-0.2, -0.15) is 0 Å². The van der Waals surface area contributed by atoms with Crippen LogP contribution in [0.1, 0.15) is 51.2 Å². The van der Waals surface area contributed by atoms with Crippen LogP contribution in [0.5, 0.6) is 11.5 Å². The summed E-state index contributed by atoms with van der Waals surface area (Å²) in [6, 6.07) is 24.0. The van der Waals surface area contributed by atoms with E-state index < -0.39 is 11.7 Å². The molecule has 1 aliphatic heterocycles. The molecule has 0 aromatic heterocycles. The first-order valence-corrected chi connectivity index (χ1v) is 16.1. The lowest BCUT2D eigenvalue weighted by molar-refractivity contribution is -0.131. The Bertz CT molecular complexity index is 1640. The van der Waals surface area contributed by atoms with Crippen molar-refractivity contribution in [1.82, 2.24) is 14.7 Å². The van der Waals surface area contributed by atoms with Crippen LogP contribution in [0, 0.1) is 0 Å². The van der Waals surface area contributed by atoms with Gasteiger partial charge in [0.15, 0.2) is 6.61 Å². The highest BCUT2D eigenvalue weighted by Crippen LogP contribution is 2.36. The van der Waals surface area contributed by atoms with Crippen molar-refractivity contribution in [3.05, 3.63) is 89.5 Å². The van der Waals surface area contributed by atoms with Gasteiger partial charge < -0.3 is 28.9 Å². The maximum absolute atomic E-state index is 14.7. The molecule has 3 aromatic carbocycles. The summed E-state index contributed by atoms with van der Waals surface area (Å²) in [5.41, 5.74) is 4.83. The summed E-state index contributed by atoms with van der Waals surface area (Å²) in [5.74, 6) is 0.800. The zero-order chi connectivity index (χ0) is 33.7. The largest absolute Gasteiger partial charge is 0.497 e. The second-order valence-corrected chi connectivity index (χ2v) is 13.3. The van der Waals surface area contributed by atoms with E-state index >= 15 is 0 Å². The van der Waals surface area contributed by atoms with E-state index in [-0.39, 0.29) is 31.0 Å². The first-order chi connectivity index (χ1) is 22.4. The van der Waals surface area contributed by atoms with Gasteiger partial charge in [-0.25, -0.2) is 4.79 Å². The number of carbonyl (C=O) groups excluding carboxylic acids is 3. The number of amides is 3. The van der Waals surface area contributed by atoms with Gasteiger partial charge >= 0.3 is 6.09 Å². The lowest BCUT2D eigenvalue weighted by Crippen LogP contribution is -2.44. The van der Waals surface area contributed by atoms with Crippen LogP contribution in [0.15, 0.2) is 78.4 Å². The number of nitrogens with zero attached hydrogens (tertiary/aromatic N) is 3. The van der Waals surface area contributed by atoms with E-state index in [9.17, 15) is 14.4 Å². The Morgan fingerprint density at radius 2 is 1.55 bits per heavy atom. The van der Waals surface area contributed by atoms with Gasteiger partial charge in [0.25, 0.3) is 11.8 Å². The third-order valence-corrected chi connectivity index (χ3v) is 8.21. The van der Waals surface area contributed by atoms with Crippen LogP contribution in [0.3, 0.4) is 0 Å². The van der Waals surface area contributed by atoms with Crippen LogP contribution in [0.2, 0.25) is 0 Å². The van der Waals surface area contributed by atoms with Gasteiger partial charge in [-0.15, -0.1) is 0 Å². The molecule has 9 heteroatoms. The van der Waals surface area contributed by atoms with Crippen molar-refractivity contribution < 1.29 is 28.6 Å². The maximum atomic E-state index is 14.7. The van der Waals surface area contributed by atoms with Gasteiger partial charge in [0, 0.05) is 44.9 Å². The minimum absolute atomic E-state index is 0.0784. The average Bonchev–Trinajstić information content (AvgIpc) is 3.90. The van der Waals surface area contributed by atoms with Gasteiger partial charge in [0.2, 0.25) is 0 Å². The summed E-state index contributed by atoms with van der Waals surface area (Å²) >= 11 is 0. The summed E-state index contributed by atoms with van der Waals surface area (Å²) in [7, 11) is 4.93. The van der Waals surface area contributed by atoms with Crippen LogP contribution in [-0.4, -0.2) is 85.2 Å². The van der Waals surface area contributed by atoms with Crippen LogP contribution in [-0.2, 0) is 20.9 Å². The molecule has 0 saturated heterocycles. The molecule has 1 saturated carbocycles. The van der Waals surface area contributed by atoms with Crippen LogP contribution < -0.4 is 9.47 Å². The molecule has 1 heterocycles. The van der Waals surface area contributed by atoms with Gasteiger partial charge in [0.05, 0.1) is 13.7 Å². The summed E-state index contributed by atoms with van der Waals surface area (Å²) < 4.78 is 17.1. The quantitative estimate of drug-likeness (QED) is 0.255. The lowest BCUT2D eigenvalue weighted by Gasteiger charge is -2.34. The third kappa shape index (κ3) is 8.73. The van der Waals surface area contributed by atoms with Crippen molar-refractivity contribution in [2.45, 2.75) is 58.2 Å². The summed E-state index contributed by atoms with van der Waals surface area (Å²) in [6.07, 6.45) is 1.89. The fraction of sp³-hybridized carbons (Fsp3) is 0.395. The summed E-state index contributed by atoms with van der Waals surface area (Å²) in [5, 5.41) is 0. The van der Waals surface area contributed by atoms with Crippen LogP contribution >= 0.6 is 0 Å². The fourth-order valence-corrected chi connectivity index (χ4v) is 5.60. The van der Waals surface area contributed by atoms with E-state index in [1.165, 1.54) is 4.90 Å². The first kappa shape index (κ1) is 33.6. The van der Waals surface area contributed by atoms with Crippen molar-refractivity contribution in [3.8, 4) is 22.6 Å². The summed E-state index contributed by atoms with van der Waals surface area (Å²) in [6.45, 7) is 6.34. The Morgan fingerprint density at radius 1 is 0.872 bits per heavy atom. The molecule has 0 radical (unpaired) electrons. The Kier molecular flexibility index (Phi) is 10.2. The van der Waals surface area contributed by atoms with Crippen LogP contribution in [0.4, 0.5) is 4.79 Å². The zero-order valence-electron chi connectivity index (χ0n) is 28.2. The van der Waals surface area contributed by atoms with E-state index in [2.05, 4.69) is 24.3 Å². The molecule has 0 N–H and O–H groups in total. The average molecular weight is 640 g/mol. The fourth-order valence-electron chi connectivity index (χ4n) is 5.60. The molecule has 0 unspecified atom stereocenters. The van der Waals surface area contributed by atoms with Crippen molar-refractivity contribution in [2.75, 3.05) is 40.9 Å². The highest BCUT2D eigenvalue weighted by molar-refractivity contribution is 6.03. The monoisotopic (exact) mass is 639 g/mol. The van der Waals surface area contributed by atoms with E-state index in [1.54, 1.807) is 32.2 Å². The number of ether oxygens (including phenoxy) is 3. The number of likely N-dealkylation sites (N-methyl/N-ethyl adjacent to an activating group) is 1. The van der Waals surface area contributed by atoms with Gasteiger partial charge in [0.1, 0.15) is 17.1 Å². The Hall–Kier alpha value is -4.79. The Balaban J connectivity index is 1.49. The predicted octanol–water partition coefficient (Wildman–Crippen LogP) is 6.41. The molecule has 0 atom stereocenters. The van der Waals surface area contributed by atoms with Crippen molar-refractivity contribution in [1.29, 1.82) is 0 Å². The second kappa shape index (κ2) is 14.3. The maximum Gasteiger partial charge on any atom is 0.410 e. The lowest BCUT2D eigenvalue weighted by atomic mass is 9.90. The first-order valence-electron chi connectivity index (χ1n) is 16.1. The number of methoxy groups -OCH3 is 1. The van der Waals surface area contributed by atoms with E-state index in [1.807, 2.05) is 68.1 Å². The molecule has 3 amide bonds. The number of hydrogen-bond acceptors (Lipinski definition) is 6. The highest BCUT2D eigenvalue weighted by Gasteiger charge is 2.38. The smallest absolute Gasteiger partial charge is 0.410 e. The van der Waals surface area contributed by atoms with Crippen molar-refractivity contribution in [3.63, 3.8) is 0 Å². The molecule has 1 fully saturated rings. The predicted molar refractivity (Wildman–Crippen MR) is 182 cm³/mol. The van der Waals surface area contributed by atoms with Gasteiger partial charge in [-0.3, -0.25) is 9.59 Å². The van der Waals surface area contributed by atoms with E-state index in [0.717, 1.165) is 40.7 Å². The third-order valence-electron chi connectivity index (χ3n) is 8.21.